The predicted molar refractivity (Wildman–Crippen MR) is 72.8 cm³/mol. The van der Waals surface area contributed by atoms with E-state index in [0.29, 0.717) is 16.5 Å². The Morgan fingerprint density at radius 1 is 1.47 bits per heavy atom. The van der Waals surface area contributed by atoms with Gasteiger partial charge in [0.25, 0.3) is 5.91 Å². The van der Waals surface area contributed by atoms with Crippen LogP contribution in [0.3, 0.4) is 0 Å². The molecule has 3 nitrogen and oxygen atoms in total. The van der Waals surface area contributed by atoms with E-state index >= 15 is 0 Å². The number of amides is 1. The van der Waals surface area contributed by atoms with Gasteiger partial charge >= 0.3 is 0 Å². The van der Waals surface area contributed by atoms with Crippen molar-refractivity contribution in [3.05, 3.63) is 28.8 Å². The standard InChI is InChI=1S/C13H19ClN2O/c1-4-9(2)8-16-10-5-6-12(14)11(7-10)13(17)15-3/h5-7,9,16H,4,8H2,1-3H3,(H,15,17). The van der Waals surface area contributed by atoms with Gasteiger partial charge < -0.3 is 10.6 Å². The van der Waals surface area contributed by atoms with Crippen LogP contribution in [-0.4, -0.2) is 19.5 Å². The minimum absolute atomic E-state index is 0.165. The fourth-order valence-corrected chi connectivity index (χ4v) is 1.58. The van der Waals surface area contributed by atoms with E-state index in [2.05, 4.69) is 24.5 Å². The van der Waals surface area contributed by atoms with Gasteiger partial charge in [0.1, 0.15) is 0 Å². The van der Waals surface area contributed by atoms with Gasteiger partial charge in [-0.1, -0.05) is 31.9 Å². The lowest BCUT2D eigenvalue weighted by molar-refractivity contribution is 0.0963. The van der Waals surface area contributed by atoms with E-state index in [1.54, 1.807) is 19.2 Å². The topological polar surface area (TPSA) is 41.1 Å². The molecule has 1 amide bonds. The van der Waals surface area contributed by atoms with Crippen molar-refractivity contribution >= 4 is 23.2 Å². The Bertz CT molecular complexity index is 393. The summed E-state index contributed by atoms with van der Waals surface area (Å²) in [7, 11) is 1.60. The molecule has 94 valence electrons. The lowest BCUT2D eigenvalue weighted by Crippen LogP contribution is -2.18. The van der Waals surface area contributed by atoms with E-state index < -0.39 is 0 Å². The molecule has 1 aromatic carbocycles. The van der Waals surface area contributed by atoms with E-state index in [1.165, 1.54) is 0 Å². The fraction of sp³-hybridized carbons (Fsp3) is 0.462. The molecule has 0 aromatic heterocycles. The number of benzene rings is 1. The first-order chi connectivity index (χ1) is 8.08. The number of carbonyl (C=O) groups excluding carboxylic acids is 1. The molecule has 0 saturated heterocycles. The van der Waals surface area contributed by atoms with Crippen LogP contribution in [0.4, 0.5) is 5.69 Å². The largest absolute Gasteiger partial charge is 0.385 e. The zero-order valence-corrected chi connectivity index (χ0v) is 11.3. The average Bonchev–Trinajstić information content (AvgIpc) is 2.36. The number of carbonyl (C=O) groups is 1. The van der Waals surface area contributed by atoms with Crippen LogP contribution in [-0.2, 0) is 0 Å². The van der Waals surface area contributed by atoms with Gasteiger partial charge in [-0.05, 0) is 24.1 Å². The van der Waals surface area contributed by atoms with Crippen molar-refractivity contribution < 1.29 is 4.79 Å². The Labute approximate surface area is 108 Å². The number of hydrogen-bond donors (Lipinski definition) is 2. The highest BCUT2D eigenvalue weighted by atomic mass is 35.5. The summed E-state index contributed by atoms with van der Waals surface area (Å²) in [5, 5.41) is 6.35. The number of nitrogens with one attached hydrogen (secondary N) is 2. The summed E-state index contributed by atoms with van der Waals surface area (Å²) in [6, 6.07) is 5.41. The van der Waals surface area contributed by atoms with E-state index in [1.807, 2.05) is 6.07 Å². The van der Waals surface area contributed by atoms with Crippen LogP contribution < -0.4 is 10.6 Å². The molecule has 1 unspecified atom stereocenters. The van der Waals surface area contributed by atoms with Crippen molar-refractivity contribution in [3.8, 4) is 0 Å². The predicted octanol–water partition coefficient (Wildman–Crippen LogP) is 3.16. The number of rotatable bonds is 5. The molecule has 0 heterocycles. The van der Waals surface area contributed by atoms with Crippen LogP contribution in [0.2, 0.25) is 5.02 Å². The molecule has 0 aliphatic carbocycles. The molecular formula is C13H19ClN2O. The van der Waals surface area contributed by atoms with Crippen molar-refractivity contribution in [2.45, 2.75) is 20.3 Å². The molecule has 0 fully saturated rings. The minimum Gasteiger partial charge on any atom is -0.385 e. The Morgan fingerprint density at radius 2 is 2.18 bits per heavy atom. The molecule has 1 rings (SSSR count). The van der Waals surface area contributed by atoms with E-state index in [0.717, 1.165) is 18.7 Å². The molecule has 1 aromatic rings. The summed E-state index contributed by atoms with van der Waals surface area (Å²) >= 11 is 5.97. The second-order valence-corrected chi connectivity index (χ2v) is 4.58. The average molecular weight is 255 g/mol. The molecule has 17 heavy (non-hydrogen) atoms. The van der Waals surface area contributed by atoms with Crippen LogP contribution in [0.1, 0.15) is 30.6 Å². The van der Waals surface area contributed by atoms with Gasteiger partial charge in [0.2, 0.25) is 0 Å². The zero-order chi connectivity index (χ0) is 12.8. The molecule has 0 aliphatic rings. The van der Waals surface area contributed by atoms with Crippen molar-refractivity contribution in [3.63, 3.8) is 0 Å². The maximum Gasteiger partial charge on any atom is 0.252 e. The van der Waals surface area contributed by atoms with Crippen molar-refractivity contribution in [2.75, 3.05) is 18.9 Å². The molecule has 4 heteroatoms. The molecular weight excluding hydrogens is 236 g/mol. The molecule has 0 aliphatic heterocycles. The van der Waals surface area contributed by atoms with Gasteiger partial charge in [0.05, 0.1) is 10.6 Å². The third-order valence-corrected chi connectivity index (χ3v) is 3.12. The van der Waals surface area contributed by atoms with Crippen LogP contribution >= 0.6 is 11.6 Å². The quantitative estimate of drug-likeness (QED) is 0.848. The van der Waals surface area contributed by atoms with Gasteiger partial charge in [-0.2, -0.15) is 0 Å². The molecule has 1 atom stereocenters. The zero-order valence-electron chi connectivity index (χ0n) is 10.5. The summed E-state index contributed by atoms with van der Waals surface area (Å²) in [6.45, 7) is 5.23. The smallest absolute Gasteiger partial charge is 0.252 e. The fourth-order valence-electron chi connectivity index (χ4n) is 1.38. The summed E-state index contributed by atoms with van der Waals surface area (Å²) in [6.07, 6.45) is 1.13. The maximum atomic E-state index is 11.6. The lowest BCUT2D eigenvalue weighted by atomic mass is 10.1. The monoisotopic (exact) mass is 254 g/mol. The molecule has 0 saturated carbocycles. The molecule has 2 N–H and O–H groups in total. The van der Waals surface area contributed by atoms with Crippen LogP contribution in [0.5, 0.6) is 0 Å². The van der Waals surface area contributed by atoms with Crippen LogP contribution in [0, 0.1) is 5.92 Å². The summed E-state index contributed by atoms with van der Waals surface area (Å²) in [5.74, 6) is 0.441. The molecule has 0 radical (unpaired) electrons. The lowest BCUT2D eigenvalue weighted by Gasteiger charge is -2.12. The first kappa shape index (κ1) is 13.8. The summed E-state index contributed by atoms with van der Waals surface area (Å²) < 4.78 is 0. The Morgan fingerprint density at radius 3 is 2.76 bits per heavy atom. The van der Waals surface area contributed by atoms with Crippen LogP contribution in [0.25, 0.3) is 0 Å². The summed E-state index contributed by atoms with van der Waals surface area (Å²) in [5.41, 5.74) is 1.43. The third-order valence-electron chi connectivity index (χ3n) is 2.79. The number of anilines is 1. The minimum atomic E-state index is -0.165. The highest BCUT2D eigenvalue weighted by Gasteiger charge is 2.09. The van der Waals surface area contributed by atoms with Crippen molar-refractivity contribution in [1.29, 1.82) is 0 Å². The highest BCUT2D eigenvalue weighted by Crippen LogP contribution is 2.20. The van der Waals surface area contributed by atoms with E-state index in [4.69, 9.17) is 11.6 Å². The third kappa shape index (κ3) is 3.93. The van der Waals surface area contributed by atoms with Gasteiger partial charge in [0, 0.05) is 19.3 Å². The number of hydrogen-bond acceptors (Lipinski definition) is 2. The van der Waals surface area contributed by atoms with Gasteiger partial charge in [-0.15, -0.1) is 0 Å². The summed E-state index contributed by atoms with van der Waals surface area (Å²) in [4.78, 5) is 11.6. The second-order valence-electron chi connectivity index (χ2n) is 4.17. The van der Waals surface area contributed by atoms with Gasteiger partial charge in [-0.25, -0.2) is 0 Å². The van der Waals surface area contributed by atoms with E-state index in [-0.39, 0.29) is 5.91 Å². The Hall–Kier alpha value is -1.22. The Balaban J connectivity index is 2.78. The van der Waals surface area contributed by atoms with Crippen molar-refractivity contribution in [2.24, 2.45) is 5.92 Å². The van der Waals surface area contributed by atoms with E-state index in [9.17, 15) is 4.79 Å². The first-order valence-electron chi connectivity index (χ1n) is 5.84. The molecule has 0 spiro atoms. The second kappa shape index (κ2) is 6.50. The normalized spacial score (nSPS) is 12.0. The van der Waals surface area contributed by atoms with Gasteiger partial charge in [0.15, 0.2) is 0 Å². The van der Waals surface area contributed by atoms with Crippen LogP contribution in [0.15, 0.2) is 18.2 Å². The highest BCUT2D eigenvalue weighted by molar-refractivity contribution is 6.34. The molecule has 0 bridgehead atoms. The first-order valence-corrected chi connectivity index (χ1v) is 6.21. The Kier molecular flexibility index (Phi) is 5.29. The van der Waals surface area contributed by atoms with Crippen molar-refractivity contribution in [1.82, 2.24) is 5.32 Å². The van der Waals surface area contributed by atoms with Gasteiger partial charge in [-0.3, -0.25) is 4.79 Å². The SMILES string of the molecule is CCC(C)CNc1ccc(Cl)c(C(=O)NC)c1. The maximum absolute atomic E-state index is 11.6. The number of halogens is 1.